The van der Waals surface area contributed by atoms with Crippen LogP contribution in [0, 0.1) is 0 Å². The number of benzene rings is 2. The molecule has 0 radical (unpaired) electrons. The van der Waals surface area contributed by atoms with Crippen LogP contribution >= 0.6 is 0 Å². The zero-order chi connectivity index (χ0) is 26.2. The van der Waals surface area contributed by atoms with Crippen LogP contribution in [0.3, 0.4) is 0 Å². The molecule has 3 aliphatic heterocycles. The van der Waals surface area contributed by atoms with Gasteiger partial charge in [-0.25, -0.2) is 4.79 Å². The molecule has 9 nitrogen and oxygen atoms in total. The van der Waals surface area contributed by atoms with Gasteiger partial charge in [0.2, 0.25) is 0 Å². The van der Waals surface area contributed by atoms with Crippen molar-refractivity contribution >= 4 is 6.09 Å². The van der Waals surface area contributed by atoms with Gasteiger partial charge in [0, 0.05) is 6.54 Å². The van der Waals surface area contributed by atoms with E-state index in [9.17, 15) is 9.90 Å². The fraction of sp³-hybridized carbons (Fsp3) is 0.536. The number of carbonyl (C=O) groups is 1. The van der Waals surface area contributed by atoms with Crippen LogP contribution in [0.5, 0.6) is 0 Å². The number of nitrogens with zero attached hydrogens (tertiary/aromatic N) is 1. The zero-order valence-electron chi connectivity index (χ0n) is 21.6. The summed E-state index contributed by atoms with van der Waals surface area (Å²) in [4.78, 5) is 15.0. The summed E-state index contributed by atoms with van der Waals surface area (Å²) in [6.07, 6.45) is -3.70. The van der Waals surface area contributed by atoms with Crippen LogP contribution < -0.4 is 0 Å². The third-order valence-electron chi connectivity index (χ3n) is 6.79. The number of aliphatic hydroxyl groups excluding tert-OH is 1. The van der Waals surface area contributed by atoms with E-state index in [1.54, 1.807) is 0 Å². The van der Waals surface area contributed by atoms with Gasteiger partial charge in [0.25, 0.3) is 0 Å². The van der Waals surface area contributed by atoms with Crippen molar-refractivity contribution in [1.82, 2.24) is 4.90 Å². The highest BCUT2D eigenvalue weighted by Crippen LogP contribution is 2.45. The van der Waals surface area contributed by atoms with E-state index in [4.69, 9.17) is 28.4 Å². The molecule has 2 aromatic rings. The van der Waals surface area contributed by atoms with E-state index in [0.29, 0.717) is 0 Å². The molecule has 0 unspecified atom stereocenters. The van der Waals surface area contributed by atoms with Gasteiger partial charge in [-0.1, -0.05) is 60.7 Å². The minimum absolute atomic E-state index is 0.100. The lowest BCUT2D eigenvalue weighted by Gasteiger charge is -2.43. The highest BCUT2D eigenvalue weighted by molar-refractivity contribution is 5.68. The van der Waals surface area contributed by atoms with E-state index in [1.165, 1.54) is 4.90 Å². The summed E-state index contributed by atoms with van der Waals surface area (Å²) in [6, 6.07) is 18.2. The second-order valence-corrected chi connectivity index (χ2v) is 10.5. The Balaban J connectivity index is 1.43. The molecule has 3 heterocycles. The molecule has 0 aromatic heterocycles. The Morgan fingerprint density at radius 3 is 2.08 bits per heavy atom. The van der Waals surface area contributed by atoms with Gasteiger partial charge in [0.05, 0.1) is 12.6 Å². The quantitative estimate of drug-likeness (QED) is 0.600. The monoisotopic (exact) mass is 513 g/mol. The first-order chi connectivity index (χ1) is 17.7. The number of fused-ring (bicyclic) bond motifs is 3. The molecule has 0 aliphatic carbocycles. The van der Waals surface area contributed by atoms with Gasteiger partial charge in [-0.3, -0.25) is 4.90 Å². The molecule has 0 bridgehead atoms. The van der Waals surface area contributed by atoms with Crippen molar-refractivity contribution in [2.75, 3.05) is 6.61 Å². The maximum absolute atomic E-state index is 13.5. The maximum Gasteiger partial charge on any atom is 0.410 e. The predicted octanol–water partition coefficient (Wildman–Crippen LogP) is 3.58. The second kappa shape index (κ2) is 10.3. The van der Waals surface area contributed by atoms with Crippen molar-refractivity contribution in [1.29, 1.82) is 0 Å². The van der Waals surface area contributed by atoms with Gasteiger partial charge in [-0.2, -0.15) is 0 Å². The van der Waals surface area contributed by atoms with Gasteiger partial charge < -0.3 is 33.5 Å². The lowest BCUT2D eigenvalue weighted by Crippen LogP contribution is -2.63. The van der Waals surface area contributed by atoms with E-state index in [-0.39, 0.29) is 19.8 Å². The molecule has 3 saturated heterocycles. The standard InChI is InChI=1S/C28H35NO8/c1-27(2)34-22-21(33-25-24(23(22)35-27)36-28(3,4)37-25)20(16-30)29(15-18-11-7-5-8-12-18)26(31)32-17-19-13-9-6-10-14-19/h5-14,20-25,30H,15-17H2,1-4H3/t20-,21+,22-,23-,24+,25+/m0/s1. The fourth-order valence-corrected chi connectivity index (χ4v) is 5.23. The van der Waals surface area contributed by atoms with E-state index < -0.39 is 54.4 Å². The highest BCUT2D eigenvalue weighted by Gasteiger charge is 2.62. The van der Waals surface area contributed by atoms with E-state index >= 15 is 0 Å². The van der Waals surface area contributed by atoms with Crippen molar-refractivity contribution in [2.45, 2.75) is 89.2 Å². The van der Waals surface area contributed by atoms with E-state index in [1.807, 2.05) is 88.4 Å². The Morgan fingerprint density at radius 2 is 1.43 bits per heavy atom. The summed E-state index contributed by atoms with van der Waals surface area (Å²) < 4.78 is 36.7. The zero-order valence-corrected chi connectivity index (χ0v) is 21.6. The maximum atomic E-state index is 13.5. The number of rotatable bonds is 7. The second-order valence-electron chi connectivity index (χ2n) is 10.5. The van der Waals surface area contributed by atoms with Gasteiger partial charge in [-0.15, -0.1) is 0 Å². The summed E-state index contributed by atoms with van der Waals surface area (Å²) in [7, 11) is 0. The lowest BCUT2D eigenvalue weighted by atomic mass is 9.93. The molecule has 0 saturated carbocycles. The number of amides is 1. The molecule has 37 heavy (non-hydrogen) atoms. The van der Waals surface area contributed by atoms with Crippen molar-refractivity contribution in [3.63, 3.8) is 0 Å². The predicted molar refractivity (Wildman–Crippen MR) is 132 cm³/mol. The van der Waals surface area contributed by atoms with Crippen LogP contribution in [-0.4, -0.2) is 71.0 Å². The molecule has 3 fully saturated rings. The molecule has 1 N–H and O–H groups in total. The van der Waals surface area contributed by atoms with Crippen molar-refractivity contribution < 1.29 is 38.3 Å². The average Bonchev–Trinajstić information content (AvgIpc) is 3.37. The van der Waals surface area contributed by atoms with Crippen LogP contribution in [0.15, 0.2) is 60.7 Å². The minimum atomic E-state index is -0.903. The Kier molecular flexibility index (Phi) is 7.28. The lowest BCUT2D eigenvalue weighted by molar-refractivity contribution is -0.247. The van der Waals surface area contributed by atoms with Gasteiger partial charge in [0.1, 0.15) is 31.0 Å². The van der Waals surface area contributed by atoms with Gasteiger partial charge in [-0.05, 0) is 38.8 Å². The number of aliphatic hydroxyl groups is 1. The molecule has 5 rings (SSSR count). The first kappa shape index (κ1) is 26.1. The molecule has 9 heteroatoms. The van der Waals surface area contributed by atoms with Gasteiger partial charge in [0.15, 0.2) is 17.9 Å². The normalized spacial score (nSPS) is 30.2. The summed E-state index contributed by atoms with van der Waals surface area (Å²) in [5.41, 5.74) is 1.74. The average molecular weight is 514 g/mol. The first-order valence-electron chi connectivity index (χ1n) is 12.6. The summed E-state index contributed by atoms with van der Waals surface area (Å²) >= 11 is 0. The molecular weight excluding hydrogens is 478 g/mol. The molecule has 3 aliphatic rings. The Hall–Kier alpha value is -2.53. The first-order valence-corrected chi connectivity index (χ1v) is 12.6. The summed E-state index contributed by atoms with van der Waals surface area (Å²) in [6.45, 7) is 7.19. The van der Waals surface area contributed by atoms with Crippen LogP contribution in [0.1, 0.15) is 38.8 Å². The van der Waals surface area contributed by atoms with Crippen molar-refractivity contribution in [3.05, 3.63) is 71.8 Å². The van der Waals surface area contributed by atoms with Gasteiger partial charge >= 0.3 is 6.09 Å². The molecule has 1 amide bonds. The summed E-state index contributed by atoms with van der Waals surface area (Å²) in [5, 5.41) is 10.7. The Labute approximate surface area is 217 Å². The van der Waals surface area contributed by atoms with Crippen LogP contribution in [-0.2, 0) is 41.6 Å². The van der Waals surface area contributed by atoms with Crippen molar-refractivity contribution in [3.8, 4) is 0 Å². The molecule has 200 valence electrons. The highest BCUT2D eigenvalue weighted by atomic mass is 16.9. The molecule has 6 atom stereocenters. The topological polar surface area (TPSA) is 95.9 Å². The molecule has 0 spiro atoms. The van der Waals surface area contributed by atoms with E-state index in [2.05, 4.69) is 0 Å². The SMILES string of the molecule is CC1(C)O[C@@H]2[C@H](O1)[C@H]1OC(C)(C)O[C@H]1O[C@@H]2[C@H](CO)N(Cc1ccccc1)C(=O)OCc1ccccc1. The molecule has 2 aromatic carbocycles. The number of hydrogen-bond acceptors (Lipinski definition) is 8. The number of hydrogen-bond donors (Lipinski definition) is 1. The fourth-order valence-electron chi connectivity index (χ4n) is 5.23. The van der Waals surface area contributed by atoms with Crippen LogP contribution in [0.25, 0.3) is 0 Å². The largest absolute Gasteiger partial charge is 0.445 e. The third-order valence-corrected chi connectivity index (χ3v) is 6.79. The Morgan fingerprint density at radius 1 is 0.865 bits per heavy atom. The number of carbonyl (C=O) groups excluding carboxylic acids is 1. The third kappa shape index (κ3) is 5.67. The molecular formula is C28H35NO8. The van der Waals surface area contributed by atoms with E-state index in [0.717, 1.165) is 11.1 Å². The number of ether oxygens (including phenoxy) is 6. The van der Waals surface area contributed by atoms with Crippen molar-refractivity contribution in [2.24, 2.45) is 0 Å². The van der Waals surface area contributed by atoms with Crippen LogP contribution in [0.2, 0.25) is 0 Å². The smallest absolute Gasteiger partial charge is 0.410 e. The Bertz CT molecular complexity index is 1060. The van der Waals surface area contributed by atoms with Crippen LogP contribution in [0.4, 0.5) is 4.79 Å². The summed E-state index contributed by atoms with van der Waals surface area (Å²) in [5.74, 6) is -1.78. The minimum Gasteiger partial charge on any atom is -0.445 e.